The molecule has 62 heavy (non-hydrogen) atoms. The largest absolute Gasteiger partial charge is 0.310 e. The Bertz CT molecular complexity index is 3320. The highest BCUT2D eigenvalue weighted by atomic mass is 32.1. The SMILES string of the molecule is c1ccc(N(c2ccccc2)c2cc(N(c3ccccc3)c3ccccc3)c3c(c2)C(c2ccccc2)(c2cccc4c2sc2ccc5ccccc5c24)c2ccccc2-3)cc1. The van der Waals surface area contributed by atoms with E-state index >= 15 is 0 Å². The Labute approximate surface area is 365 Å². The zero-order chi connectivity index (χ0) is 41.0. The van der Waals surface area contributed by atoms with Crippen LogP contribution >= 0.6 is 11.3 Å². The number of nitrogens with zero attached hydrogens (tertiary/aromatic N) is 2. The van der Waals surface area contributed by atoms with Crippen LogP contribution in [-0.2, 0) is 5.41 Å². The molecule has 1 aliphatic rings. The lowest BCUT2D eigenvalue weighted by molar-refractivity contribution is 0.777. The smallest absolute Gasteiger partial charge is 0.0728 e. The molecule has 3 heteroatoms. The molecule has 0 N–H and O–H groups in total. The van der Waals surface area contributed by atoms with E-state index < -0.39 is 5.41 Å². The second kappa shape index (κ2) is 14.8. The van der Waals surface area contributed by atoms with Crippen LogP contribution in [0.15, 0.2) is 243 Å². The third-order valence-corrected chi connectivity index (χ3v) is 13.9. The van der Waals surface area contributed by atoms with Crippen molar-refractivity contribution < 1.29 is 0 Å². The van der Waals surface area contributed by atoms with Gasteiger partial charge in [0.2, 0.25) is 0 Å². The summed E-state index contributed by atoms with van der Waals surface area (Å²) < 4.78 is 2.61. The molecule has 1 atom stereocenters. The lowest BCUT2D eigenvalue weighted by atomic mass is 9.67. The van der Waals surface area contributed by atoms with E-state index in [-0.39, 0.29) is 0 Å². The van der Waals surface area contributed by atoms with Gasteiger partial charge < -0.3 is 9.80 Å². The van der Waals surface area contributed by atoms with Crippen LogP contribution in [0.5, 0.6) is 0 Å². The standard InChI is InChI=1S/C59H40N2S/c1-6-22-42(23-7-1)59(52-36-20-34-50-56-48-32-17-16-21-41(48)37-38-55(56)62-58(50)52)51-35-19-18-33-49(51)57-53(59)39-47(60(43-24-8-2-9-25-43)44-26-10-3-11-27-44)40-54(57)61(45-28-12-4-13-29-45)46-30-14-5-15-31-46/h1-40H. The monoisotopic (exact) mass is 808 g/mol. The molecule has 0 saturated carbocycles. The van der Waals surface area contributed by atoms with Crippen molar-refractivity contribution in [2.45, 2.75) is 5.41 Å². The quantitative estimate of drug-likeness (QED) is 0.151. The van der Waals surface area contributed by atoms with E-state index in [2.05, 4.69) is 252 Å². The fourth-order valence-electron chi connectivity index (χ4n) is 10.2. The number of anilines is 6. The molecule has 1 aromatic heterocycles. The van der Waals surface area contributed by atoms with Crippen molar-refractivity contribution in [1.82, 2.24) is 0 Å². The van der Waals surface area contributed by atoms with Crippen LogP contribution in [0.25, 0.3) is 42.1 Å². The minimum Gasteiger partial charge on any atom is -0.310 e. The first-order chi connectivity index (χ1) is 30.8. The van der Waals surface area contributed by atoms with Crippen molar-refractivity contribution in [2.75, 3.05) is 9.80 Å². The molecule has 11 aromatic rings. The predicted molar refractivity (Wildman–Crippen MR) is 264 cm³/mol. The second-order valence-corrected chi connectivity index (χ2v) is 17.1. The predicted octanol–water partition coefficient (Wildman–Crippen LogP) is 16.5. The van der Waals surface area contributed by atoms with E-state index in [4.69, 9.17) is 0 Å². The summed E-state index contributed by atoms with van der Waals surface area (Å²) in [4.78, 5) is 4.88. The van der Waals surface area contributed by atoms with Crippen molar-refractivity contribution in [3.8, 4) is 11.1 Å². The maximum absolute atomic E-state index is 2.50. The third-order valence-electron chi connectivity index (χ3n) is 12.7. The van der Waals surface area contributed by atoms with Gasteiger partial charge in [0.05, 0.1) is 11.1 Å². The molecule has 1 aliphatic carbocycles. The highest BCUT2D eigenvalue weighted by molar-refractivity contribution is 7.26. The number of hydrogen-bond acceptors (Lipinski definition) is 3. The van der Waals surface area contributed by atoms with E-state index in [0.29, 0.717) is 0 Å². The second-order valence-electron chi connectivity index (χ2n) is 16.0. The van der Waals surface area contributed by atoms with Crippen LogP contribution in [0.1, 0.15) is 22.3 Å². The van der Waals surface area contributed by atoms with Gasteiger partial charge in [0.1, 0.15) is 0 Å². The van der Waals surface area contributed by atoms with Crippen molar-refractivity contribution >= 4 is 76.4 Å². The third kappa shape index (κ3) is 5.56. The molecular weight excluding hydrogens is 769 g/mol. The molecule has 0 aliphatic heterocycles. The van der Waals surface area contributed by atoms with Gasteiger partial charge in [0.25, 0.3) is 0 Å². The highest BCUT2D eigenvalue weighted by Gasteiger charge is 2.49. The van der Waals surface area contributed by atoms with Crippen LogP contribution in [0.2, 0.25) is 0 Å². The van der Waals surface area contributed by atoms with Gasteiger partial charge in [-0.2, -0.15) is 0 Å². The molecule has 1 heterocycles. The van der Waals surface area contributed by atoms with Crippen molar-refractivity contribution in [2.24, 2.45) is 0 Å². The van der Waals surface area contributed by atoms with E-state index in [1.165, 1.54) is 64.3 Å². The van der Waals surface area contributed by atoms with Crippen LogP contribution in [0.4, 0.5) is 34.1 Å². The zero-order valence-electron chi connectivity index (χ0n) is 33.9. The molecule has 12 rings (SSSR count). The van der Waals surface area contributed by atoms with Crippen LogP contribution < -0.4 is 9.80 Å². The summed E-state index contributed by atoms with van der Waals surface area (Å²) in [6, 6.07) is 89.1. The number of fused-ring (bicyclic) bond motifs is 8. The number of para-hydroxylation sites is 4. The normalized spacial score (nSPS) is 14.2. The van der Waals surface area contributed by atoms with Crippen LogP contribution in [0.3, 0.4) is 0 Å². The Hall–Kier alpha value is -7.72. The molecule has 292 valence electrons. The molecule has 0 saturated heterocycles. The fraction of sp³-hybridized carbons (Fsp3) is 0.0169. The number of thiophene rings is 1. The number of hydrogen-bond donors (Lipinski definition) is 0. The van der Waals surface area contributed by atoms with Gasteiger partial charge in [-0.3, -0.25) is 0 Å². The minimum atomic E-state index is -0.688. The van der Waals surface area contributed by atoms with Crippen molar-refractivity contribution in [1.29, 1.82) is 0 Å². The Morgan fingerprint density at radius 1 is 0.355 bits per heavy atom. The van der Waals surface area contributed by atoms with E-state index in [1.807, 2.05) is 11.3 Å². The number of rotatable bonds is 8. The van der Waals surface area contributed by atoms with E-state index in [9.17, 15) is 0 Å². The van der Waals surface area contributed by atoms with E-state index in [1.54, 1.807) is 0 Å². The summed E-state index contributed by atoms with van der Waals surface area (Å²) in [6.07, 6.45) is 0. The lowest BCUT2D eigenvalue weighted by Crippen LogP contribution is -2.29. The topological polar surface area (TPSA) is 6.48 Å². The van der Waals surface area contributed by atoms with Gasteiger partial charge in [-0.25, -0.2) is 0 Å². The van der Waals surface area contributed by atoms with Crippen LogP contribution in [0, 0.1) is 0 Å². The summed E-state index contributed by atoms with van der Waals surface area (Å²) in [5, 5.41) is 5.18. The molecule has 1 unspecified atom stereocenters. The average Bonchev–Trinajstić information content (AvgIpc) is 3.88. The summed E-state index contributed by atoms with van der Waals surface area (Å²) in [7, 11) is 0. The van der Waals surface area contributed by atoms with Crippen LogP contribution in [-0.4, -0.2) is 0 Å². The molecule has 2 nitrogen and oxygen atoms in total. The molecule has 0 bridgehead atoms. The Balaban J connectivity index is 1.27. The molecular formula is C59H40N2S. The molecule has 0 fully saturated rings. The molecule has 10 aromatic carbocycles. The molecule has 0 radical (unpaired) electrons. The Morgan fingerprint density at radius 2 is 0.871 bits per heavy atom. The van der Waals surface area contributed by atoms with Gasteiger partial charge in [-0.1, -0.05) is 176 Å². The van der Waals surface area contributed by atoms with E-state index in [0.717, 1.165) is 34.1 Å². The Morgan fingerprint density at radius 3 is 1.52 bits per heavy atom. The first kappa shape index (κ1) is 36.2. The van der Waals surface area contributed by atoms with Gasteiger partial charge in [0, 0.05) is 54.2 Å². The molecule has 0 spiro atoms. The molecule has 0 amide bonds. The first-order valence-corrected chi connectivity index (χ1v) is 22.1. The summed E-state index contributed by atoms with van der Waals surface area (Å²) in [5.41, 5.74) is 13.4. The van der Waals surface area contributed by atoms with Crippen molar-refractivity contribution in [3.05, 3.63) is 265 Å². The number of benzene rings is 10. The zero-order valence-corrected chi connectivity index (χ0v) is 34.7. The summed E-state index contributed by atoms with van der Waals surface area (Å²) in [6.45, 7) is 0. The maximum atomic E-state index is 2.50. The van der Waals surface area contributed by atoms with Gasteiger partial charge in [-0.15, -0.1) is 11.3 Å². The fourth-order valence-corrected chi connectivity index (χ4v) is 11.4. The minimum absolute atomic E-state index is 0.688. The van der Waals surface area contributed by atoms with Gasteiger partial charge in [-0.05, 0) is 105 Å². The summed E-state index contributed by atoms with van der Waals surface area (Å²) >= 11 is 1.92. The van der Waals surface area contributed by atoms with Crippen molar-refractivity contribution in [3.63, 3.8) is 0 Å². The summed E-state index contributed by atoms with van der Waals surface area (Å²) in [5.74, 6) is 0. The Kier molecular flexibility index (Phi) is 8.62. The van der Waals surface area contributed by atoms with Gasteiger partial charge in [0.15, 0.2) is 0 Å². The highest BCUT2D eigenvalue weighted by Crippen LogP contribution is 2.62. The van der Waals surface area contributed by atoms with Gasteiger partial charge >= 0.3 is 0 Å². The average molecular weight is 809 g/mol. The maximum Gasteiger partial charge on any atom is 0.0728 e. The first-order valence-electron chi connectivity index (χ1n) is 21.3. The lowest BCUT2D eigenvalue weighted by Gasteiger charge is -2.36.